The molecular weight excluding hydrogens is 424 g/mol. The molecule has 0 aliphatic rings. The van der Waals surface area contributed by atoms with Crippen LogP contribution in [0.4, 0.5) is 0 Å². The van der Waals surface area contributed by atoms with E-state index in [1.807, 2.05) is 78.9 Å². The fourth-order valence-corrected chi connectivity index (χ4v) is 4.46. The molecule has 2 heterocycles. The molecule has 0 amide bonds. The van der Waals surface area contributed by atoms with E-state index < -0.39 is 0 Å². The second kappa shape index (κ2) is 8.72. The standard InChI is InChI=1S/C25H20N2O4S/c1-29-21-8-4-5-9-22(21)31-15-14-30-18-12-10-17(11-13-18)16-23-24(28)27-20-7-3-2-6-19(20)26-25(27)32-23/h2-13,16H,14-15H2,1H3. The summed E-state index contributed by atoms with van der Waals surface area (Å²) in [6.45, 7) is 0.803. The summed E-state index contributed by atoms with van der Waals surface area (Å²) >= 11 is 1.39. The number of nitrogens with zero attached hydrogens (tertiary/aromatic N) is 2. The first-order chi connectivity index (χ1) is 15.7. The summed E-state index contributed by atoms with van der Waals surface area (Å²) in [4.78, 5) is 18.1. The third kappa shape index (κ3) is 3.90. The highest BCUT2D eigenvalue weighted by Crippen LogP contribution is 2.25. The number of aromatic nitrogens is 2. The number of ether oxygens (including phenoxy) is 3. The van der Waals surface area contributed by atoms with Crippen molar-refractivity contribution in [2.45, 2.75) is 0 Å². The van der Waals surface area contributed by atoms with E-state index in [1.54, 1.807) is 11.5 Å². The zero-order chi connectivity index (χ0) is 21.9. The molecule has 0 unspecified atom stereocenters. The van der Waals surface area contributed by atoms with Crippen molar-refractivity contribution in [3.63, 3.8) is 0 Å². The first kappa shape index (κ1) is 20.1. The predicted molar refractivity (Wildman–Crippen MR) is 126 cm³/mol. The van der Waals surface area contributed by atoms with Gasteiger partial charge in [0.2, 0.25) is 0 Å². The molecule has 0 aliphatic heterocycles. The lowest BCUT2D eigenvalue weighted by atomic mass is 10.2. The molecule has 5 rings (SSSR count). The van der Waals surface area contributed by atoms with Gasteiger partial charge in [-0.15, -0.1) is 0 Å². The van der Waals surface area contributed by atoms with Crippen LogP contribution in [0.15, 0.2) is 77.6 Å². The molecule has 0 fully saturated rings. The SMILES string of the molecule is COc1ccccc1OCCOc1ccc(C=c2sc3nc4ccccc4n3c2=O)cc1. The minimum atomic E-state index is -0.0486. The monoisotopic (exact) mass is 444 g/mol. The second-order valence-corrected chi connectivity index (χ2v) is 8.06. The lowest BCUT2D eigenvalue weighted by Crippen LogP contribution is -2.22. The van der Waals surface area contributed by atoms with E-state index in [0.29, 0.717) is 34.2 Å². The molecule has 5 aromatic rings. The van der Waals surface area contributed by atoms with E-state index in [1.165, 1.54) is 11.3 Å². The number of imidazole rings is 1. The quantitative estimate of drug-likeness (QED) is 0.356. The van der Waals surface area contributed by atoms with Crippen molar-refractivity contribution in [1.29, 1.82) is 0 Å². The molecule has 0 radical (unpaired) electrons. The summed E-state index contributed by atoms with van der Waals surface area (Å²) in [6.07, 6.45) is 1.88. The maximum absolute atomic E-state index is 12.9. The summed E-state index contributed by atoms with van der Waals surface area (Å²) in [5.41, 5.74) is 2.54. The van der Waals surface area contributed by atoms with Gasteiger partial charge in [0.05, 0.1) is 22.7 Å². The van der Waals surface area contributed by atoms with Crippen molar-refractivity contribution in [2.75, 3.05) is 20.3 Å². The zero-order valence-corrected chi connectivity index (χ0v) is 18.2. The van der Waals surface area contributed by atoms with Crippen LogP contribution in [-0.2, 0) is 0 Å². The Bertz CT molecular complexity index is 1490. The van der Waals surface area contributed by atoms with Crippen molar-refractivity contribution in [3.05, 3.63) is 93.2 Å². The van der Waals surface area contributed by atoms with Crippen LogP contribution in [0.5, 0.6) is 17.2 Å². The number of hydrogen-bond donors (Lipinski definition) is 0. The molecular formula is C25H20N2O4S. The Morgan fingerprint density at radius 3 is 2.44 bits per heavy atom. The van der Waals surface area contributed by atoms with Crippen molar-refractivity contribution < 1.29 is 14.2 Å². The van der Waals surface area contributed by atoms with Gasteiger partial charge in [0.15, 0.2) is 16.5 Å². The highest BCUT2D eigenvalue weighted by atomic mass is 32.1. The van der Waals surface area contributed by atoms with E-state index in [-0.39, 0.29) is 5.56 Å². The first-order valence-electron chi connectivity index (χ1n) is 10.1. The average molecular weight is 445 g/mol. The number of hydrogen-bond acceptors (Lipinski definition) is 6. The Kier molecular flexibility index (Phi) is 5.47. The van der Waals surface area contributed by atoms with Gasteiger partial charge >= 0.3 is 0 Å². The van der Waals surface area contributed by atoms with Crippen molar-refractivity contribution in [2.24, 2.45) is 0 Å². The van der Waals surface area contributed by atoms with Crippen LogP contribution < -0.4 is 24.3 Å². The Labute approximate surface area is 187 Å². The van der Waals surface area contributed by atoms with Crippen LogP contribution in [0.25, 0.3) is 22.1 Å². The smallest absolute Gasteiger partial charge is 0.274 e. The van der Waals surface area contributed by atoms with Gasteiger partial charge < -0.3 is 14.2 Å². The Hall–Kier alpha value is -3.84. The van der Waals surface area contributed by atoms with Crippen molar-refractivity contribution >= 4 is 33.4 Å². The third-order valence-electron chi connectivity index (χ3n) is 5.00. The topological polar surface area (TPSA) is 62.1 Å². The molecule has 0 N–H and O–H groups in total. The fraction of sp³-hybridized carbons (Fsp3) is 0.120. The summed E-state index contributed by atoms with van der Waals surface area (Å²) < 4.78 is 19.1. The molecule has 32 heavy (non-hydrogen) atoms. The molecule has 0 aliphatic carbocycles. The average Bonchev–Trinajstić information content (AvgIpc) is 3.34. The molecule has 0 saturated carbocycles. The number of fused-ring (bicyclic) bond motifs is 3. The maximum Gasteiger partial charge on any atom is 0.274 e. The van der Waals surface area contributed by atoms with Crippen molar-refractivity contribution in [1.82, 2.24) is 9.38 Å². The van der Waals surface area contributed by atoms with Gasteiger partial charge in [0.1, 0.15) is 19.0 Å². The molecule has 6 nitrogen and oxygen atoms in total. The minimum absolute atomic E-state index is 0.0486. The third-order valence-corrected chi connectivity index (χ3v) is 5.97. The molecule has 7 heteroatoms. The molecule has 0 atom stereocenters. The number of rotatable bonds is 7. The summed E-state index contributed by atoms with van der Waals surface area (Å²) in [6, 6.07) is 22.8. The fourth-order valence-electron chi connectivity index (χ4n) is 3.47. The summed E-state index contributed by atoms with van der Waals surface area (Å²) in [5, 5.41) is 0. The second-order valence-electron chi connectivity index (χ2n) is 7.05. The van der Waals surface area contributed by atoms with Gasteiger partial charge in [0.25, 0.3) is 5.56 Å². The van der Waals surface area contributed by atoms with Gasteiger partial charge in [-0.3, -0.25) is 4.79 Å². The summed E-state index contributed by atoms with van der Waals surface area (Å²) in [5.74, 6) is 2.12. The van der Waals surface area contributed by atoms with Crippen LogP contribution in [0.3, 0.4) is 0 Å². The number of benzene rings is 3. The van der Waals surface area contributed by atoms with E-state index in [2.05, 4.69) is 4.98 Å². The van der Waals surface area contributed by atoms with Crippen molar-refractivity contribution in [3.8, 4) is 17.2 Å². The lowest BCUT2D eigenvalue weighted by molar-refractivity contribution is 0.211. The lowest BCUT2D eigenvalue weighted by Gasteiger charge is -2.11. The van der Waals surface area contributed by atoms with E-state index in [0.717, 1.165) is 22.3 Å². The molecule has 2 aromatic heterocycles. The maximum atomic E-state index is 12.9. The Morgan fingerprint density at radius 2 is 1.62 bits per heavy atom. The summed E-state index contributed by atoms with van der Waals surface area (Å²) in [7, 11) is 1.61. The van der Waals surface area contributed by atoms with E-state index in [9.17, 15) is 4.79 Å². The molecule has 0 spiro atoms. The van der Waals surface area contributed by atoms with Gasteiger partial charge in [-0.25, -0.2) is 9.38 Å². The minimum Gasteiger partial charge on any atom is -0.493 e. The zero-order valence-electron chi connectivity index (χ0n) is 17.4. The number of methoxy groups -OCH3 is 1. The normalized spacial score (nSPS) is 11.8. The number of para-hydroxylation sites is 4. The van der Waals surface area contributed by atoms with E-state index in [4.69, 9.17) is 14.2 Å². The molecule has 0 bridgehead atoms. The van der Waals surface area contributed by atoms with Crippen LogP contribution in [0, 0.1) is 0 Å². The highest BCUT2D eigenvalue weighted by molar-refractivity contribution is 7.15. The van der Waals surface area contributed by atoms with Crippen LogP contribution in [-0.4, -0.2) is 29.7 Å². The first-order valence-corrected chi connectivity index (χ1v) is 10.9. The molecule has 3 aromatic carbocycles. The van der Waals surface area contributed by atoms with Crippen LogP contribution in [0.1, 0.15) is 5.56 Å². The molecule has 160 valence electrons. The number of thiazole rings is 1. The van der Waals surface area contributed by atoms with E-state index >= 15 is 0 Å². The Morgan fingerprint density at radius 1 is 0.906 bits per heavy atom. The van der Waals surface area contributed by atoms with Gasteiger partial charge in [-0.2, -0.15) is 0 Å². The van der Waals surface area contributed by atoms with Gasteiger partial charge in [-0.1, -0.05) is 47.7 Å². The van der Waals surface area contributed by atoms with Crippen LogP contribution >= 0.6 is 11.3 Å². The van der Waals surface area contributed by atoms with Gasteiger partial charge in [0, 0.05) is 0 Å². The Balaban J connectivity index is 1.26. The van der Waals surface area contributed by atoms with Gasteiger partial charge in [-0.05, 0) is 48.0 Å². The van der Waals surface area contributed by atoms with Crippen LogP contribution in [0.2, 0.25) is 0 Å². The highest BCUT2D eigenvalue weighted by Gasteiger charge is 2.10. The predicted octanol–water partition coefficient (Wildman–Crippen LogP) is 3.92. The molecule has 0 saturated heterocycles. The largest absolute Gasteiger partial charge is 0.493 e.